The van der Waals surface area contributed by atoms with Gasteiger partial charge < -0.3 is 33.6 Å². The van der Waals surface area contributed by atoms with E-state index >= 15 is 0 Å². The first kappa shape index (κ1) is 11.2. The Balaban J connectivity index is 0.000001000. The molecule has 0 bridgehead atoms. The molecule has 1 aliphatic rings. The van der Waals surface area contributed by atoms with Crippen molar-refractivity contribution in [1.29, 1.82) is 0 Å². The highest BCUT2D eigenvalue weighted by Crippen LogP contribution is 2.30. The number of quaternary nitrogens is 1. The maximum Gasteiger partial charge on any atom is 0.140 e. The van der Waals surface area contributed by atoms with Crippen LogP contribution >= 0.6 is 0 Å². The Morgan fingerprint density at radius 1 is 1.64 bits per heavy atom. The first-order chi connectivity index (χ1) is 4.58. The second-order valence-electron chi connectivity index (χ2n) is 3.51. The lowest BCUT2D eigenvalue weighted by atomic mass is 10.4. The number of nitrogens with zero attached hydrogens (tertiary/aromatic N) is 1. The lowest BCUT2D eigenvalue weighted by molar-refractivity contribution is -0.895. The molecular weight excluding hydrogens is 253 g/mol. The van der Waals surface area contributed by atoms with Crippen LogP contribution in [0.2, 0.25) is 0 Å². The van der Waals surface area contributed by atoms with Crippen molar-refractivity contribution in [3.63, 3.8) is 0 Å². The Hall–Kier alpha value is 0.210. The number of likely N-dealkylation sites (N-methyl/N-ethyl adjacent to an activating group) is 1. The van der Waals surface area contributed by atoms with Crippen LogP contribution in [-0.2, 0) is 0 Å². The van der Waals surface area contributed by atoms with Gasteiger partial charge in [0.05, 0.1) is 14.1 Å². The van der Waals surface area contributed by atoms with Gasteiger partial charge in [-0.25, -0.2) is 0 Å². The molecule has 1 N–H and O–H groups in total. The number of aliphatic hydroxyl groups excluding tert-OH is 1. The van der Waals surface area contributed by atoms with Crippen LogP contribution in [0.4, 0.5) is 0 Å². The summed E-state index contributed by atoms with van der Waals surface area (Å²) in [6.45, 7) is 0.710. The summed E-state index contributed by atoms with van der Waals surface area (Å²) in [4.78, 5) is 0. The van der Waals surface area contributed by atoms with E-state index in [-0.39, 0.29) is 30.1 Å². The van der Waals surface area contributed by atoms with Crippen molar-refractivity contribution in [2.75, 3.05) is 20.6 Å². The van der Waals surface area contributed by atoms with Crippen molar-refractivity contribution >= 4 is 0 Å². The first-order valence-corrected chi connectivity index (χ1v) is 3.52. The molecule has 0 aromatic carbocycles. The third-order valence-electron chi connectivity index (χ3n) is 2.12. The van der Waals surface area contributed by atoms with Gasteiger partial charge in [0.2, 0.25) is 0 Å². The molecule has 0 amide bonds. The highest BCUT2D eigenvalue weighted by molar-refractivity contribution is 4.91. The zero-order valence-electron chi connectivity index (χ0n) is 6.92. The first-order valence-electron chi connectivity index (χ1n) is 3.52. The molecular formula is C8H14INO. The number of terminal acetylenes is 1. The molecule has 11 heavy (non-hydrogen) atoms. The van der Waals surface area contributed by atoms with Gasteiger partial charge in [0, 0.05) is 6.42 Å². The quantitative estimate of drug-likeness (QED) is 0.318. The summed E-state index contributed by atoms with van der Waals surface area (Å²) in [7, 11) is 4.11. The Labute approximate surface area is 85.2 Å². The van der Waals surface area contributed by atoms with E-state index in [1.165, 1.54) is 0 Å². The molecule has 0 aromatic heterocycles. The van der Waals surface area contributed by atoms with Crippen molar-refractivity contribution in [2.45, 2.75) is 18.6 Å². The molecule has 1 aliphatic carbocycles. The van der Waals surface area contributed by atoms with E-state index in [1.54, 1.807) is 0 Å². The molecule has 1 rings (SSSR count). The Kier molecular flexibility index (Phi) is 3.82. The summed E-state index contributed by atoms with van der Waals surface area (Å²) >= 11 is 0. The highest BCUT2D eigenvalue weighted by Gasteiger charge is 2.48. The second kappa shape index (κ2) is 3.74. The average molecular weight is 267 g/mol. The van der Waals surface area contributed by atoms with Crippen molar-refractivity contribution in [1.82, 2.24) is 0 Å². The summed E-state index contributed by atoms with van der Waals surface area (Å²) < 4.78 is 0.762. The van der Waals surface area contributed by atoms with E-state index in [0.717, 1.165) is 10.9 Å². The zero-order chi connectivity index (χ0) is 7.78. The smallest absolute Gasteiger partial charge is 0.140 e. The number of hydrogen-bond acceptors (Lipinski definition) is 1. The van der Waals surface area contributed by atoms with Gasteiger partial charge in [-0.1, -0.05) is 0 Å². The SMILES string of the molecule is C#CC[N+](C)(C)[C@H]1C[C@H]1O.[I-]. The fraction of sp³-hybridized carbons (Fsp3) is 0.750. The minimum atomic E-state index is -0.108. The van der Waals surface area contributed by atoms with E-state index in [2.05, 4.69) is 20.0 Å². The van der Waals surface area contributed by atoms with Gasteiger partial charge >= 0.3 is 0 Å². The lowest BCUT2D eigenvalue weighted by Gasteiger charge is -2.27. The average Bonchev–Trinajstić information content (AvgIpc) is 2.46. The molecule has 0 radical (unpaired) electrons. The van der Waals surface area contributed by atoms with Crippen LogP contribution in [0.15, 0.2) is 0 Å². The van der Waals surface area contributed by atoms with Crippen molar-refractivity contribution < 1.29 is 33.6 Å². The minimum Gasteiger partial charge on any atom is -1.00 e. The van der Waals surface area contributed by atoms with Gasteiger partial charge in [-0.3, -0.25) is 0 Å². The number of aliphatic hydroxyl groups is 1. The van der Waals surface area contributed by atoms with Gasteiger partial charge in [0.25, 0.3) is 0 Å². The van der Waals surface area contributed by atoms with E-state index in [4.69, 9.17) is 11.5 Å². The van der Waals surface area contributed by atoms with Crippen LogP contribution in [0.25, 0.3) is 0 Å². The fourth-order valence-corrected chi connectivity index (χ4v) is 1.27. The molecule has 0 heterocycles. The number of rotatable bonds is 2. The normalized spacial score (nSPS) is 28.5. The van der Waals surface area contributed by atoms with Crippen LogP contribution in [0.5, 0.6) is 0 Å². The molecule has 2 atom stereocenters. The minimum absolute atomic E-state index is 0. The molecule has 0 unspecified atom stereocenters. The third kappa shape index (κ3) is 2.62. The Morgan fingerprint density at radius 2 is 2.09 bits per heavy atom. The van der Waals surface area contributed by atoms with Crippen LogP contribution < -0.4 is 24.0 Å². The van der Waals surface area contributed by atoms with E-state index in [0.29, 0.717) is 12.6 Å². The highest BCUT2D eigenvalue weighted by atomic mass is 127. The van der Waals surface area contributed by atoms with Gasteiger partial charge in [0.1, 0.15) is 18.7 Å². The van der Waals surface area contributed by atoms with Gasteiger partial charge in [-0.2, -0.15) is 0 Å². The predicted octanol–water partition coefficient (Wildman–Crippen LogP) is -3.17. The predicted molar refractivity (Wildman–Crippen MR) is 40.2 cm³/mol. The molecule has 0 aliphatic heterocycles. The van der Waals surface area contributed by atoms with E-state index in [1.807, 2.05) is 0 Å². The summed E-state index contributed by atoms with van der Waals surface area (Å²) in [5, 5.41) is 9.10. The number of halogens is 1. The molecule has 2 nitrogen and oxygen atoms in total. The lowest BCUT2D eigenvalue weighted by Crippen LogP contribution is -3.00. The summed E-state index contributed by atoms with van der Waals surface area (Å²) in [6, 6.07) is 0.385. The summed E-state index contributed by atoms with van der Waals surface area (Å²) in [5.41, 5.74) is 0. The topological polar surface area (TPSA) is 20.2 Å². The van der Waals surface area contributed by atoms with Gasteiger partial charge in [-0.05, 0) is 5.92 Å². The molecule has 1 saturated carbocycles. The van der Waals surface area contributed by atoms with Crippen molar-refractivity contribution in [3.8, 4) is 12.3 Å². The fourth-order valence-electron chi connectivity index (χ4n) is 1.27. The summed E-state index contributed by atoms with van der Waals surface area (Å²) in [6.07, 6.45) is 5.98. The number of hydrogen-bond donors (Lipinski definition) is 1. The zero-order valence-corrected chi connectivity index (χ0v) is 9.08. The van der Waals surface area contributed by atoms with E-state index < -0.39 is 0 Å². The van der Waals surface area contributed by atoms with Gasteiger partial charge in [-0.15, -0.1) is 6.42 Å². The Bertz CT molecular complexity index is 173. The third-order valence-corrected chi connectivity index (χ3v) is 2.12. The molecule has 0 saturated heterocycles. The molecule has 1 fully saturated rings. The van der Waals surface area contributed by atoms with Crippen molar-refractivity contribution in [2.24, 2.45) is 0 Å². The van der Waals surface area contributed by atoms with Crippen LogP contribution in [0, 0.1) is 12.3 Å². The second-order valence-corrected chi connectivity index (χ2v) is 3.51. The molecule has 3 heteroatoms. The molecule has 0 aromatic rings. The van der Waals surface area contributed by atoms with Gasteiger partial charge in [0.15, 0.2) is 0 Å². The monoisotopic (exact) mass is 267 g/mol. The molecule has 64 valence electrons. The van der Waals surface area contributed by atoms with E-state index in [9.17, 15) is 0 Å². The van der Waals surface area contributed by atoms with Crippen molar-refractivity contribution in [3.05, 3.63) is 0 Å². The molecule has 0 spiro atoms. The maximum atomic E-state index is 9.10. The van der Waals surface area contributed by atoms with Crippen LogP contribution in [0.1, 0.15) is 6.42 Å². The van der Waals surface area contributed by atoms with Crippen LogP contribution in [0.3, 0.4) is 0 Å². The Morgan fingerprint density at radius 3 is 2.36 bits per heavy atom. The maximum absolute atomic E-state index is 9.10. The standard InChI is InChI=1S/C8H14NO.HI/c1-4-5-9(2,3)7-6-8(7)10;/h1,7-8,10H,5-6H2,2-3H3;1H/q+1;/p-1/t7-,8+;/m0./s1. The summed E-state index contributed by atoms with van der Waals surface area (Å²) in [5.74, 6) is 2.61. The van der Waals surface area contributed by atoms with Crippen LogP contribution in [-0.4, -0.2) is 42.4 Å². The largest absolute Gasteiger partial charge is 1.00 e.